The number of rotatable bonds is 8. The van der Waals surface area contributed by atoms with Crippen molar-refractivity contribution in [2.75, 3.05) is 14.2 Å². The van der Waals surface area contributed by atoms with E-state index >= 15 is 0 Å². The predicted octanol–water partition coefficient (Wildman–Crippen LogP) is 5.93. The SMILES string of the molecule is COc1cc(/C=C/c2ccc3cccc(OCc4ccccc4)c3n2)cc(OC)c1OC(C)=O. The Morgan fingerprint density at radius 3 is 2.26 bits per heavy atom. The maximum atomic E-state index is 11.4. The quantitative estimate of drug-likeness (QED) is 0.242. The van der Waals surface area contributed by atoms with E-state index in [0.29, 0.717) is 18.1 Å². The van der Waals surface area contributed by atoms with Gasteiger partial charge in [-0.25, -0.2) is 4.98 Å². The van der Waals surface area contributed by atoms with Gasteiger partial charge < -0.3 is 18.9 Å². The van der Waals surface area contributed by atoms with Crippen LogP contribution in [0, 0.1) is 0 Å². The highest BCUT2D eigenvalue weighted by atomic mass is 16.6. The molecule has 1 aromatic heterocycles. The summed E-state index contributed by atoms with van der Waals surface area (Å²) in [6.45, 7) is 1.80. The lowest BCUT2D eigenvalue weighted by molar-refractivity contribution is -0.132. The van der Waals surface area contributed by atoms with Crippen LogP contribution in [0.1, 0.15) is 23.7 Å². The van der Waals surface area contributed by atoms with Gasteiger partial charge in [-0.3, -0.25) is 4.79 Å². The number of carbonyl (C=O) groups excluding carboxylic acids is 1. The van der Waals surface area contributed by atoms with Gasteiger partial charge >= 0.3 is 5.97 Å². The Bertz CT molecular complexity index is 1310. The second-order valence-corrected chi connectivity index (χ2v) is 7.52. The molecule has 4 rings (SSSR count). The molecule has 0 saturated carbocycles. The van der Waals surface area contributed by atoms with Gasteiger partial charge in [0.1, 0.15) is 17.9 Å². The average molecular weight is 456 g/mol. The summed E-state index contributed by atoms with van der Waals surface area (Å²) < 4.78 is 22.1. The number of pyridine rings is 1. The molecule has 0 N–H and O–H groups in total. The number of hydrogen-bond acceptors (Lipinski definition) is 6. The lowest BCUT2D eigenvalue weighted by atomic mass is 10.1. The van der Waals surface area contributed by atoms with E-state index in [2.05, 4.69) is 0 Å². The highest BCUT2D eigenvalue weighted by Gasteiger charge is 2.15. The van der Waals surface area contributed by atoms with Crippen molar-refractivity contribution in [1.82, 2.24) is 4.98 Å². The van der Waals surface area contributed by atoms with E-state index in [1.165, 1.54) is 21.1 Å². The van der Waals surface area contributed by atoms with Crippen LogP contribution in [0.5, 0.6) is 23.0 Å². The number of carbonyl (C=O) groups is 1. The van der Waals surface area contributed by atoms with Crippen LogP contribution < -0.4 is 18.9 Å². The third-order valence-electron chi connectivity index (χ3n) is 5.12. The van der Waals surface area contributed by atoms with Gasteiger partial charge in [0, 0.05) is 12.3 Å². The maximum absolute atomic E-state index is 11.4. The lowest BCUT2D eigenvalue weighted by Gasteiger charge is -2.13. The van der Waals surface area contributed by atoms with Gasteiger partial charge in [-0.1, -0.05) is 54.6 Å². The molecule has 0 aliphatic carbocycles. The molecule has 0 aliphatic heterocycles. The van der Waals surface area contributed by atoms with Crippen molar-refractivity contribution >= 4 is 29.0 Å². The molecular formula is C28H25NO5. The largest absolute Gasteiger partial charge is 0.493 e. The van der Waals surface area contributed by atoms with Gasteiger partial charge in [0.25, 0.3) is 0 Å². The van der Waals surface area contributed by atoms with Crippen molar-refractivity contribution < 1.29 is 23.7 Å². The number of methoxy groups -OCH3 is 2. The van der Waals surface area contributed by atoms with E-state index in [1.54, 1.807) is 12.1 Å². The number of nitrogens with zero attached hydrogens (tertiary/aromatic N) is 1. The van der Waals surface area contributed by atoms with Crippen LogP contribution >= 0.6 is 0 Å². The summed E-state index contributed by atoms with van der Waals surface area (Å²) >= 11 is 0. The second kappa shape index (κ2) is 10.5. The van der Waals surface area contributed by atoms with E-state index in [-0.39, 0.29) is 5.75 Å². The molecule has 0 spiro atoms. The molecule has 0 atom stereocenters. The van der Waals surface area contributed by atoms with Gasteiger partial charge in [-0.05, 0) is 41.5 Å². The summed E-state index contributed by atoms with van der Waals surface area (Å²) in [6.07, 6.45) is 3.79. The topological polar surface area (TPSA) is 66.9 Å². The Hall–Kier alpha value is -4.32. The molecule has 0 bridgehead atoms. The number of ether oxygens (including phenoxy) is 4. The standard InChI is InChI=1S/C28H25NO5/c1-19(30)34-28-25(31-2)16-21(17-26(28)32-3)12-14-23-15-13-22-10-7-11-24(27(22)29-23)33-18-20-8-5-4-6-9-20/h4-17H,18H2,1-3H3/b14-12+. The second-order valence-electron chi connectivity index (χ2n) is 7.52. The number of benzene rings is 3. The molecule has 4 aromatic rings. The third-order valence-corrected chi connectivity index (χ3v) is 5.12. The minimum atomic E-state index is -0.453. The van der Waals surface area contributed by atoms with E-state index in [4.69, 9.17) is 23.9 Å². The van der Waals surface area contributed by atoms with Gasteiger partial charge in [0.05, 0.1) is 19.9 Å². The highest BCUT2D eigenvalue weighted by molar-refractivity contribution is 5.86. The Balaban J connectivity index is 1.62. The molecule has 1 heterocycles. The molecule has 3 aromatic carbocycles. The first-order chi connectivity index (χ1) is 16.6. The summed E-state index contributed by atoms with van der Waals surface area (Å²) in [5, 5.41) is 0.997. The fraction of sp³-hybridized carbons (Fsp3) is 0.143. The maximum Gasteiger partial charge on any atom is 0.308 e. The van der Waals surface area contributed by atoms with Gasteiger partial charge in [-0.15, -0.1) is 0 Å². The van der Waals surface area contributed by atoms with E-state index in [9.17, 15) is 4.79 Å². The van der Waals surface area contributed by atoms with Crippen molar-refractivity contribution in [3.63, 3.8) is 0 Å². The Labute approximate surface area is 198 Å². The van der Waals surface area contributed by atoms with Crippen LogP contribution in [-0.2, 0) is 11.4 Å². The Kier molecular flexibility index (Phi) is 7.08. The van der Waals surface area contributed by atoms with Crippen molar-refractivity contribution in [2.24, 2.45) is 0 Å². The summed E-state index contributed by atoms with van der Waals surface area (Å²) in [7, 11) is 3.02. The number of esters is 1. The van der Waals surface area contributed by atoms with Crippen LogP contribution in [0.2, 0.25) is 0 Å². The number of fused-ring (bicyclic) bond motifs is 1. The van der Waals surface area contributed by atoms with Gasteiger partial charge in [0.15, 0.2) is 11.5 Å². The lowest BCUT2D eigenvalue weighted by Crippen LogP contribution is -2.05. The first-order valence-electron chi connectivity index (χ1n) is 10.8. The van der Waals surface area contributed by atoms with Crippen molar-refractivity contribution in [2.45, 2.75) is 13.5 Å². The van der Waals surface area contributed by atoms with Crippen LogP contribution in [0.4, 0.5) is 0 Å². The molecule has 0 aliphatic rings. The van der Waals surface area contributed by atoms with E-state index < -0.39 is 5.97 Å². The van der Waals surface area contributed by atoms with Crippen LogP contribution in [0.15, 0.2) is 72.8 Å². The average Bonchev–Trinajstić information content (AvgIpc) is 2.86. The molecule has 0 fully saturated rings. The fourth-order valence-corrected chi connectivity index (χ4v) is 3.50. The normalized spacial score (nSPS) is 10.9. The zero-order valence-corrected chi connectivity index (χ0v) is 19.3. The molecule has 172 valence electrons. The predicted molar refractivity (Wildman–Crippen MR) is 132 cm³/mol. The van der Waals surface area contributed by atoms with Crippen LogP contribution in [-0.4, -0.2) is 25.2 Å². The van der Waals surface area contributed by atoms with Crippen molar-refractivity contribution in [1.29, 1.82) is 0 Å². The molecule has 6 nitrogen and oxygen atoms in total. The van der Waals surface area contributed by atoms with Gasteiger partial charge in [-0.2, -0.15) is 0 Å². The molecule has 34 heavy (non-hydrogen) atoms. The Morgan fingerprint density at radius 2 is 1.59 bits per heavy atom. The number of para-hydroxylation sites is 1. The van der Waals surface area contributed by atoms with E-state index in [0.717, 1.165) is 33.5 Å². The summed E-state index contributed by atoms with van der Waals surface area (Å²) in [4.78, 5) is 16.2. The highest BCUT2D eigenvalue weighted by Crippen LogP contribution is 2.39. The monoisotopic (exact) mass is 455 g/mol. The number of hydrogen-bond donors (Lipinski definition) is 0. The number of aromatic nitrogens is 1. The van der Waals surface area contributed by atoms with Gasteiger partial charge in [0.2, 0.25) is 5.75 Å². The minimum absolute atomic E-state index is 0.249. The zero-order valence-electron chi connectivity index (χ0n) is 19.3. The molecular weight excluding hydrogens is 430 g/mol. The molecule has 0 saturated heterocycles. The zero-order chi connectivity index (χ0) is 23.9. The smallest absolute Gasteiger partial charge is 0.308 e. The minimum Gasteiger partial charge on any atom is -0.493 e. The molecule has 0 radical (unpaired) electrons. The molecule has 0 unspecified atom stereocenters. The van der Waals surface area contributed by atoms with Crippen LogP contribution in [0.3, 0.4) is 0 Å². The fourth-order valence-electron chi connectivity index (χ4n) is 3.50. The summed E-state index contributed by atoms with van der Waals surface area (Å²) in [6, 6.07) is 23.4. The Morgan fingerprint density at radius 1 is 0.853 bits per heavy atom. The summed E-state index contributed by atoms with van der Waals surface area (Å²) in [5.41, 5.74) is 3.46. The first-order valence-corrected chi connectivity index (χ1v) is 10.8. The van der Waals surface area contributed by atoms with Crippen molar-refractivity contribution in [3.05, 3.63) is 89.6 Å². The van der Waals surface area contributed by atoms with Crippen LogP contribution in [0.25, 0.3) is 23.1 Å². The molecule has 6 heteroatoms. The van der Waals surface area contributed by atoms with E-state index in [1.807, 2.05) is 72.8 Å². The third kappa shape index (κ3) is 5.35. The summed E-state index contributed by atoms with van der Waals surface area (Å²) in [5.74, 6) is 1.32. The first kappa shape index (κ1) is 22.9. The van der Waals surface area contributed by atoms with Crippen molar-refractivity contribution in [3.8, 4) is 23.0 Å². The molecule has 0 amide bonds.